The molecule has 0 saturated carbocycles. The molecule has 19 heavy (non-hydrogen) atoms. The Labute approximate surface area is 123 Å². The first-order chi connectivity index (χ1) is 9.31. The lowest BCUT2D eigenvalue weighted by Gasteiger charge is -2.35. The third-order valence-electron chi connectivity index (χ3n) is 4.08. The molecule has 2 aliphatic heterocycles. The van der Waals surface area contributed by atoms with E-state index in [0.29, 0.717) is 12.1 Å². The fraction of sp³-hybridized carbons (Fsp3) is 0.600. The van der Waals surface area contributed by atoms with Crippen LogP contribution in [0.1, 0.15) is 18.4 Å². The summed E-state index contributed by atoms with van der Waals surface area (Å²) in [5.41, 5.74) is 1.32. The zero-order chi connectivity index (χ0) is 13.1. The van der Waals surface area contributed by atoms with Gasteiger partial charge in [-0.1, -0.05) is 28.1 Å². The minimum absolute atomic E-state index is 0.352. The van der Waals surface area contributed by atoms with Gasteiger partial charge in [0.1, 0.15) is 0 Å². The Kier molecular flexibility index (Phi) is 4.53. The van der Waals surface area contributed by atoms with Crippen molar-refractivity contribution in [2.75, 3.05) is 26.2 Å². The van der Waals surface area contributed by atoms with Crippen LogP contribution in [-0.2, 0) is 11.3 Å². The van der Waals surface area contributed by atoms with Gasteiger partial charge in [0, 0.05) is 30.1 Å². The quantitative estimate of drug-likeness (QED) is 0.920. The predicted octanol–water partition coefficient (Wildman–Crippen LogP) is 2.40. The zero-order valence-electron chi connectivity index (χ0n) is 11.1. The van der Waals surface area contributed by atoms with E-state index >= 15 is 0 Å². The van der Waals surface area contributed by atoms with E-state index in [1.54, 1.807) is 0 Å². The highest BCUT2D eigenvalue weighted by molar-refractivity contribution is 9.10. The Morgan fingerprint density at radius 1 is 1.32 bits per heavy atom. The van der Waals surface area contributed by atoms with Crippen LogP contribution in [0.25, 0.3) is 0 Å². The number of nitrogens with one attached hydrogen (secondary N) is 1. The Morgan fingerprint density at radius 2 is 2.16 bits per heavy atom. The Morgan fingerprint density at radius 3 is 3.00 bits per heavy atom. The predicted molar refractivity (Wildman–Crippen MR) is 80.2 cm³/mol. The number of nitrogens with zero attached hydrogens (tertiary/aromatic N) is 1. The highest BCUT2D eigenvalue weighted by Crippen LogP contribution is 2.22. The summed E-state index contributed by atoms with van der Waals surface area (Å²) in [6.45, 7) is 5.13. The molecule has 2 unspecified atom stereocenters. The van der Waals surface area contributed by atoms with Gasteiger partial charge in [-0.3, -0.25) is 4.90 Å². The van der Waals surface area contributed by atoms with E-state index in [4.69, 9.17) is 4.74 Å². The van der Waals surface area contributed by atoms with Crippen molar-refractivity contribution in [2.24, 2.45) is 0 Å². The maximum Gasteiger partial charge on any atom is 0.0827 e. The molecule has 2 saturated heterocycles. The first kappa shape index (κ1) is 13.6. The summed E-state index contributed by atoms with van der Waals surface area (Å²) in [5.74, 6) is 0. The topological polar surface area (TPSA) is 24.5 Å². The highest BCUT2D eigenvalue weighted by Gasteiger charge is 2.31. The zero-order valence-corrected chi connectivity index (χ0v) is 12.7. The van der Waals surface area contributed by atoms with Gasteiger partial charge in [-0.05, 0) is 37.1 Å². The summed E-state index contributed by atoms with van der Waals surface area (Å²) >= 11 is 3.46. The minimum atomic E-state index is 0.352. The van der Waals surface area contributed by atoms with Gasteiger partial charge in [0.25, 0.3) is 0 Å². The SMILES string of the molecule is Brc1ccc(CNCC2CN3CCCC3CO2)cc1. The Hall–Kier alpha value is -0.420. The normalized spacial score (nSPS) is 27.4. The molecular weight excluding hydrogens is 304 g/mol. The Bertz CT molecular complexity index is 409. The van der Waals surface area contributed by atoms with Crippen LogP contribution >= 0.6 is 15.9 Å². The minimum Gasteiger partial charge on any atom is -0.374 e. The van der Waals surface area contributed by atoms with Gasteiger partial charge in [-0.2, -0.15) is 0 Å². The molecule has 2 heterocycles. The number of ether oxygens (including phenoxy) is 1. The van der Waals surface area contributed by atoms with Gasteiger partial charge < -0.3 is 10.1 Å². The largest absolute Gasteiger partial charge is 0.374 e. The van der Waals surface area contributed by atoms with Crippen LogP contribution < -0.4 is 5.32 Å². The second-order valence-electron chi connectivity index (χ2n) is 5.50. The summed E-state index contributed by atoms with van der Waals surface area (Å²) in [4.78, 5) is 2.59. The molecule has 2 fully saturated rings. The van der Waals surface area contributed by atoms with Crippen molar-refractivity contribution in [1.29, 1.82) is 0 Å². The van der Waals surface area contributed by atoms with Gasteiger partial charge in [0.2, 0.25) is 0 Å². The van der Waals surface area contributed by atoms with E-state index in [2.05, 4.69) is 50.4 Å². The standard InChI is InChI=1S/C15H21BrN2O/c16-13-5-3-12(4-6-13)8-17-9-15-10-18-7-1-2-14(18)11-19-15/h3-6,14-15,17H,1-2,7-11H2. The lowest BCUT2D eigenvalue weighted by molar-refractivity contribution is -0.0470. The molecule has 1 N–H and O–H groups in total. The van der Waals surface area contributed by atoms with E-state index in [0.717, 1.165) is 30.7 Å². The van der Waals surface area contributed by atoms with Gasteiger partial charge in [-0.25, -0.2) is 0 Å². The Balaban J connectivity index is 1.41. The first-order valence-electron chi connectivity index (χ1n) is 7.12. The summed E-state index contributed by atoms with van der Waals surface area (Å²) < 4.78 is 7.07. The molecule has 0 bridgehead atoms. The molecule has 104 valence electrons. The second kappa shape index (κ2) is 6.35. The summed E-state index contributed by atoms with van der Waals surface area (Å²) in [7, 11) is 0. The van der Waals surface area contributed by atoms with Crippen molar-refractivity contribution in [3.8, 4) is 0 Å². The van der Waals surface area contributed by atoms with Crippen LogP contribution in [0.3, 0.4) is 0 Å². The third kappa shape index (κ3) is 3.57. The van der Waals surface area contributed by atoms with Crippen molar-refractivity contribution in [2.45, 2.75) is 31.5 Å². The summed E-state index contributed by atoms with van der Waals surface area (Å²) in [6, 6.07) is 9.17. The van der Waals surface area contributed by atoms with Crippen LogP contribution in [0.2, 0.25) is 0 Å². The smallest absolute Gasteiger partial charge is 0.0827 e. The maximum absolute atomic E-state index is 5.94. The van der Waals surface area contributed by atoms with Crippen molar-refractivity contribution < 1.29 is 4.74 Å². The third-order valence-corrected chi connectivity index (χ3v) is 4.60. The van der Waals surface area contributed by atoms with Crippen LogP contribution in [0.15, 0.2) is 28.7 Å². The first-order valence-corrected chi connectivity index (χ1v) is 7.91. The average molecular weight is 325 g/mol. The van der Waals surface area contributed by atoms with Crippen molar-refractivity contribution in [3.63, 3.8) is 0 Å². The maximum atomic E-state index is 5.94. The number of benzene rings is 1. The fourth-order valence-corrected chi connectivity index (χ4v) is 3.25. The highest BCUT2D eigenvalue weighted by atomic mass is 79.9. The molecule has 3 rings (SSSR count). The molecule has 4 heteroatoms. The van der Waals surface area contributed by atoms with E-state index < -0.39 is 0 Å². The van der Waals surface area contributed by atoms with Crippen LogP contribution in [-0.4, -0.2) is 43.3 Å². The lowest BCUT2D eigenvalue weighted by atomic mass is 10.2. The number of hydrogen-bond donors (Lipinski definition) is 1. The molecule has 0 spiro atoms. The number of morpholine rings is 1. The molecule has 2 atom stereocenters. The van der Waals surface area contributed by atoms with Gasteiger partial charge >= 0.3 is 0 Å². The van der Waals surface area contributed by atoms with Crippen molar-refractivity contribution in [3.05, 3.63) is 34.3 Å². The summed E-state index contributed by atoms with van der Waals surface area (Å²) in [6.07, 6.45) is 3.01. The monoisotopic (exact) mass is 324 g/mol. The van der Waals surface area contributed by atoms with Gasteiger partial charge in [-0.15, -0.1) is 0 Å². The fourth-order valence-electron chi connectivity index (χ4n) is 2.99. The van der Waals surface area contributed by atoms with Gasteiger partial charge in [0.15, 0.2) is 0 Å². The van der Waals surface area contributed by atoms with E-state index in [9.17, 15) is 0 Å². The molecule has 2 aliphatic rings. The number of halogens is 1. The molecule has 0 aliphatic carbocycles. The molecule has 0 aromatic heterocycles. The van der Waals surface area contributed by atoms with Crippen molar-refractivity contribution in [1.82, 2.24) is 10.2 Å². The molecule has 1 aromatic rings. The number of hydrogen-bond acceptors (Lipinski definition) is 3. The molecule has 1 aromatic carbocycles. The van der Waals surface area contributed by atoms with Crippen LogP contribution in [0, 0.1) is 0 Å². The lowest BCUT2D eigenvalue weighted by Crippen LogP contribution is -2.49. The van der Waals surface area contributed by atoms with Crippen LogP contribution in [0.5, 0.6) is 0 Å². The second-order valence-corrected chi connectivity index (χ2v) is 6.42. The summed E-state index contributed by atoms with van der Waals surface area (Å²) in [5, 5.41) is 3.50. The molecular formula is C15H21BrN2O. The van der Waals surface area contributed by atoms with Gasteiger partial charge in [0.05, 0.1) is 12.7 Å². The van der Waals surface area contributed by atoms with E-state index in [-0.39, 0.29) is 0 Å². The number of fused-ring (bicyclic) bond motifs is 1. The molecule has 0 amide bonds. The van der Waals surface area contributed by atoms with Crippen molar-refractivity contribution >= 4 is 15.9 Å². The molecule has 3 nitrogen and oxygen atoms in total. The van der Waals surface area contributed by atoms with E-state index in [1.165, 1.54) is 24.9 Å². The van der Waals surface area contributed by atoms with E-state index in [1.807, 2.05) is 0 Å². The van der Waals surface area contributed by atoms with Crippen LogP contribution in [0.4, 0.5) is 0 Å². The number of rotatable bonds is 4. The average Bonchev–Trinajstić information content (AvgIpc) is 2.88. The molecule has 0 radical (unpaired) electrons.